The Morgan fingerprint density at radius 3 is 2.50 bits per heavy atom. The zero-order valence-corrected chi connectivity index (χ0v) is 15.7. The lowest BCUT2D eigenvalue weighted by molar-refractivity contribution is -0.140. The van der Waals surface area contributed by atoms with Gasteiger partial charge in [-0.3, -0.25) is 9.59 Å². The fourth-order valence-corrected chi connectivity index (χ4v) is 3.19. The summed E-state index contributed by atoms with van der Waals surface area (Å²) in [6.07, 6.45) is 1.57. The molecule has 2 heterocycles. The summed E-state index contributed by atoms with van der Waals surface area (Å²) in [6, 6.07) is 9.00. The predicted molar refractivity (Wildman–Crippen MR) is 98.8 cm³/mol. The van der Waals surface area contributed by atoms with E-state index in [2.05, 4.69) is 21.2 Å². The van der Waals surface area contributed by atoms with Crippen LogP contribution >= 0.6 is 15.9 Å². The smallest absolute Gasteiger partial charge is 0.329 e. The van der Waals surface area contributed by atoms with Crippen molar-refractivity contribution in [3.05, 3.63) is 57.5 Å². The first-order valence-corrected chi connectivity index (χ1v) is 8.58. The lowest BCUT2D eigenvalue weighted by Gasteiger charge is -2.09. The number of urea groups is 1. The molecule has 1 saturated heterocycles. The van der Waals surface area contributed by atoms with E-state index in [0.717, 1.165) is 27.1 Å². The lowest BCUT2D eigenvalue weighted by atomic mass is 10.2. The number of hydrogen-bond acceptors (Lipinski definition) is 3. The highest BCUT2D eigenvalue weighted by Crippen LogP contribution is 2.24. The fourth-order valence-electron chi connectivity index (χ4n) is 2.93. The zero-order chi connectivity index (χ0) is 19.0. The quantitative estimate of drug-likeness (QED) is 0.590. The number of nitrogens with one attached hydrogen (secondary N) is 1. The number of carboxylic acids is 1. The fraction of sp³-hybridized carbons (Fsp3) is 0.167. The molecular weight excluding hydrogens is 402 g/mol. The largest absolute Gasteiger partial charge is 0.480 e. The van der Waals surface area contributed by atoms with Crippen molar-refractivity contribution in [3.63, 3.8) is 0 Å². The maximum absolute atomic E-state index is 12.3. The minimum absolute atomic E-state index is 0.0623. The van der Waals surface area contributed by atoms with Crippen LogP contribution in [-0.2, 0) is 9.59 Å². The molecule has 0 unspecified atom stereocenters. The van der Waals surface area contributed by atoms with Crippen LogP contribution in [0.4, 0.5) is 4.79 Å². The van der Waals surface area contributed by atoms with Crippen LogP contribution in [0.3, 0.4) is 0 Å². The van der Waals surface area contributed by atoms with Crippen LogP contribution in [0.1, 0.15) is 17.0 Å². The van der Waals surface area contributed by atoms with Crippen LogP contribution < -0.4 is 5.32 Å². The molecule has 1 aromatic heterocycles. The molecule has 0 atom stereocenters. The van der Waals surface area contributed by atoms with Gasteiger partial charge in [0.15, 0.2) is 0 Å². The van der Waals surface area contributed by atoms with Gasteiger partial charge in [-0.2, -0.15) is 0 Å². The highest BCUT2D eigenvalue weighted by Gasteiger charge is 2.35. The number of rotatable bonds is 4. The average molecular weight is 418 g/mol. The molecule has 134 valence electrons. The van der Waals surface area contributed by atoms with Gasteiger partial charge in [-0.15, -0.1) is 0 Å². The summed E-state index contributed by atoms with van der Waals surface area (Å²) in [5.41, 5.74) is 3.67. The molecule has 1 aliphatic heterocycles. The molecule has 1 fully saturated rings. The van der Waals surface area contributed by atoms with E-state index in [0.29, 0.717) is 4.90 Å². The van der Waals surface area contributed by atoms with Crippen LogP contribution in [0.25, 0.3) is 11.8 Å². The standard InChI is InChI=1S/C18H16BrN3O4/c1-10-7-12(11(2)22(10)14-5-3-13(19)4-6-14)8-15-17(25)21(9-16(23)24)18(26)20-15/h3-8H,9H2,1-2H3,(H,20,26)(H,23,24)/b15-8-. The molecule has 1 aliphatic rings. The summed E-state index contributed by atoms with van der Waals surface area (Å²) >= 11 is 3.41. The normalized spacial score (nSPS) is 15.7. The number of amides is 3. The lowest BCUT2D eigenvalue weighted by Crippen LogP contribution is -2.35. The molecule has 3 rings (SSSR count). The van der Waals surface area contributed by atoms with E-state index in [4.69, 9.17) is 5.11 Å². The zero-order valence-electron chi connectivity index (χ0n) is 14.1. The Bertz CT molecular complexity index is 944. The number of carbonyl (C=O) groups excluding carboxylic acids is 2. The van der Waals surface area contributed by atoms with Gasteiger partial charge in [0, 0.05) is 21.5 Å². The summed E-state index contributed by atoms with van der Waals surface area (Å²) in [5, 5.41) is 11.2. The molecule has 8 heteroatoms. The van der Waals surface area contributed by atoms with Crippen molar-refractivity contribution in [1.29, 1.82) is 0 Å². The van der Waals surface area contributed by atoms with Gasteiger partial charge in [0.2, 0.25) is 0 Å². The number of halogens is 1. The molecule has 0 aliphatic carbocycles. The summed E-state index contributed by atoms with van der Waals surface area (Å²) in [7, 11) is 0. The van der Waals surface area contributed by atoms with Crippen molar-refractivity contribution in [2.45, 2.75) is 13.8 Å². The topological polar surface area (TPSA) is 91.6 Å². The number of carbonyl (C=O) groups is 3. The monoisotopic (exact) mass is 417 g/mol. The van der Waals surface area contributed by atoms with E-state index in [9.17, 15) is 14.4 Å². The van der Waals surface area contributed by atoms with Crippen LogP contribution in [0.5, 0.6) is 0 Å². The van der Waals surface area contributed by atoms with Crippen molar-refractivity contribution in [1.82, 2.24) is 14.8 Å². The van der Waals surface area contributed by atoms with Gasteiger partial charge in [-0.05, 0) is 55.8 Å². The predicted octanol–water partition coefficient (Wildman–Crippen LogP) is 2.83. The Hall–Kier alpha value is -2.87. The van der Waals surface area contributed by atoms with Crippen LogP contribution in [0, 0.1) is 13.8 Å². The minimum atomic E-state index is -1.25. The third-order valence-electron chi connectivity index (χ3n) is 4.11. The van der Waals surface area contributed by atoms with Crippen molar-refractivity contribution >= 4 is 39.9 Å². The van der Waals surface area contributed by atoms with Gasteiger partial charge >= 0.3 is 12.0 Å². The molecule has 0 radical (unpaired) electrons. The van der Waals surface area contributed by atoms with Crippen molar-refractivity contribution in [3.8, 4) is 5.69 Å². The van der Waals surface area contributed by atoms with Crippen LogP contribution in [0.2, 0.25) is 0 Å². The number of aryl methyl sites for hydroxylation is 1. The van der Waals surface area contributed by atoms with Crippen molar-refractivity contribution in [2.75, 3.05) is 6.54 Å². The van der Waals surface area contributed by atoms with Gasteiger partial charge < -0.3 is 15.0 Å². The van der Waals surface area contributed by atoms with Gasteiger partial charge in [-0.1, -0.05) is 15.9 Å². The van der Waals surface area contributed by atoms with E-state index in [1.54, 1.807) is 6.08 Å². The third kappa shape index (κ3) is 3.28. The van der Waals surface area contributed by atoms with Gasteiger partial charge in [0.25, 0.3) is 5.91 Å². The molecule has 0 bridgehead atoms. The Labute approximate surface area is 158 Å². The summed E-state index contributed by atoms with van der Waals surface area (Å²) in [5.74, 6) is -1.89. The number of aromatic nitrogens is 1. The first-order chi connectivity index (χ1) is 12.3. The Morgan fingerprint density at radius 2 is 1.88 bits per heavy atom. The Balaban J connectivity index is 1.96. The highest BCUT2D eigenvalue weighted by molar-refractivity contribution is 9.10. The van der Waals surface area contributed by atoms with Crippen molar-refractivity contribution in [2.24, 2.45) is 0 Å². The second kappa shape index (κ2) is 6.80. The molecule has 26 heavy (non-hydrogen) atoms. The summed E-state index contributed by atoms with van der Waals surface area (Å²) in [6.45, 7) is 3.19. The molecule has 1 aromatic carbocycles. The number of hydrogen-bond donors (Lipinski definition) is 2. The molecule has 2 aromatic rings. The molecular formula is C18H16BrN3O4. The number of imide groups is 1. The molecule has 3 amide bonds. The molecule has 2 N–H and O–H groups in total. The average Bonchev–Trinajstić information content (AvgIpc) is 2.99. The second-order valence-electron chi connectivity index (χ2n) is 5.91. The van der Waals surface area contributed by atoms with E-state index < -0.39 is 24.5 Å². The molecule has 7 nitrogen and oxygen atoms in total. The van der Waals surface area contributed by atoms with Crippen molar-refractivity contribution < 1.29 is 19.5 Å². The third-order valence-corrected chi connectivity index (χ3v) is 4.64. The number of benzene rings is 1. The number of aliphatic carboxylic acids is 1. The van der Waals surface area contributed by atoms with Crippen LogP contribution in [-0.4, -0.2) is 39.0 Å². The first-order valence-electron chi connectivity index (χ1n) is 7.79. The molecule has 0 saturated carbocycles. The van der Waals surface area contributed by atoms with E-state index in [1.165, 1.54) is 0 Å². The summed E-state index contributed by atoms with van der Waals surface area (Å²) < 4.78 is 3.01. The van der Waals surface area contributed by atoms with E-state index in [-0.39, 0.29) is 5.70 Å². The van der Waals surface area contributed by atoms with E-state index in [1.807, 2.05) is 48.7 Å². The minimum Gasteiger partial charge on any atom is -0.480 e. The van der Waals surface area contributed by atoms with Gasteiger partial charge in [0.1, 0.15) is 12.2 Å². The SMILES string of the molecule is Cc1cc(/C=C2\NC(=O)N(CC(=O)O)C2=O)c(C)n1-c1ccc(Br)cc1. The van der Waals surface area contributed by atoms with Gasteiger partial charge in [-0.25, -0.2) is 9.69 Å². The maximum Gasteiger partial charge on any atom is 0.329 e. The molecule has 0 spiro atoms. The Kier molecular flexibility index (Phi) is 4.69. The highest BCUT2D eigenvalue weighted by atomic mass is 79.9. The van der Waals surface area contributed by atoms with Crippen LogP contribution in [0.15, 0.2) is 40.5 Å². The number of nitrogens with zero attached hydrogens (tertiary/aromatic N) is 2. The summed E-state index contributed by atoms with van der Waals surface area (Å²) in [4.78, 5) is 35.5. The first kappa shape index (κ1) is 17.9. The van der Waals surface area contributed by atoms with E-state index >= 15 is 0 Å². The second-order valence-corrected chi connectivity index (χ2v) is 6.83. The maximum atomic E-state index is 12.3. The number of carboxylic acid groups (broad SMARTS) is 1. The Morgan fingerprint density at radius 1 is 1.23 bits per heavy atom. The van der Waals surface area contributed by atoms with Gasteiger partial charge in [0.05, 0.1) is 0 Å².